The summed E-state index contributed by atoms with van der Waals surface area (Å²) in [5, 5.41) is 7.29. The van der Waals surface area contributed by atoms with Crippen molar-refractivity contribution in [2.24, 2.45) is 0 Å². The van der Waals surface area contributed by atoms with Crippen molar-refractivity contribution < 1.29 is 14.4 Å². The molecule has 152 valence electrons. The highest BCUT2D eigenvalue weighted by Gasteiger charge is 2.35. The molecule has 7 nitrogen and oxygen atoms in total. The lowest BCUT2D eigenvalue weighted by Gasteiger charge is -2.14. The molecule has 7 heteroatoms. The minimum absolute atomic E-state index is 0.0139. The molecule has 3 amide bonds. The summed E-state index contributed by atoms with van der Waals surface area (Å²) >= 11 is 0. The van der Waals surface area contributed by atoms with E-state index in [1.54, 1.807) is 28.9 Å². The van der Waals surface area contributed by atoms with E-state index in [1.165, 1.54) is 0 Å². The van der Waals surface area contributed by atoms with Gasteiger partial charge in [0.15, 0.2) is 0 Å². The van der Waals surface area contributed by atoms with Crippen molar-refractivity contribution in [1.29, 1.82) is 0 Å². The maximum atomic E-state index is 12.6. The minimum atomic E-state index is -0.354. The van der Waals surface area contributed by atoms with Crippen LogP contribution >= 0.6 is 0 Å². The fraction of sp³-hybridized carbons (Fsp3) is 0.217. The summed E-state index contributed by atoms with van der Waals surface area (Å²) in [5.41, 5.74) is 3.56. The molecule has 0 bridgehead atoms. The molecule has 0 atom stereocenters. The second kappa shape index (κ2) is 7.94. The number of aryl methyl sites for hydroxylation is 2. The number of amides is 3. The highest BCUT2D eigenvalue weighted by atomic mass is 16.2. The Bertz CT molecular complexity index is 1130. The number of benzene rings is 2. The number of carbonyl (C=O) groups is 3. The third-order valence-electron chi connectivity index (χ3n) is 5.03. The second-order valence-electron chi connectivity index (χ2n) is 7.42. The number of nitrogens with one attached hydrogen (secondary N) is 1. The van der Waals surface area contributed by atoms with Crippen molar-refractivity contribution in [3.63, 3.8) is 0 Å². The molecule has 0 saturated heterocycles. The molecule has 30 heavy (non-hydrogen) atoms. The van der Waals surface area contributed by atoms with Crippen LogP contribution in [0.4, 0.5) is 5.82 Å². The van der Waals surface area contributed by atoms with Crippen molar-refractivity contribution in [1.82, 2.24) is 14.7 Å². The molecule has 3 aromatic rings. The van der Waals surface area contributed by atoms with Crippen LogP contribution in [0.5, 0.6) is 0 Å². The molecule has 1 N–H and O–H groups in total. The van der Waals surface area contributed by atoms with E-state index < -0.39 is 0 Å². The first-order valence-electron chi connectivity index (χ1n) is 9.77. The van der Waals surface area contributed by atoms with Crippen molar-refractivity contribution >= 4 is 23.5 Å². The minimum Gasteiger partial charge on any atom is -0.311 e. The van der Waals surface area contributed by atoms with Gasteiger partial charge in [0.1, 0.15) is 5.82 Å². The predicted octanol–water partition coefficient (Wildman–Crippen LogP) is 3.17. The summed E-state index contributed by atoms with van der Waals surface area (Å²) < 4.78 is 1.73. The molecule has 0 radical (unpaired) electrons. The molecule has 4 rings (SSSR count). The van der Waals surface area contributed by atoms with E-state index >= 15 is 0 Å². The zero-order valence-corrected chi connectivity index (χ0v) is 16.9. The van der Waals surface area contributed by atoms with Crippen molar-refractivity contribution in [2.45, 2.75) is 26.8 Å². The van der Waals surface area contributed by atoms with Gasteiger partial charge in [-0.05, 0) is 31.5 Å². The first-order valence-corrected chi connectivity index (χ1v) is 9.77. The Hall–Kier alpha value is -3.74. The van der Waals surface area contributed by atoms with E-state index in [9.17, 15) is 14.4 Å². The predicted molar refractivity (Wildman–Crippen MR) is 112 cm³/mol. The van der Waals surface area contributed by atoms with Crippen molar-refractivity contribution in [3.8, 4) is 0 Å². The van der Waals surface area contributed by atoms with E-state index in [0.29, 0.717) is 23.5 Å². The summed E-state index contributed by atoms with van der Waals surface area (Å²) in [5.74, 6) is -0.402. The summed E-state index contributed by atoms with van der Waals surface area (Å²) in [6.45, 7) is 4.29. The van der Waals surface area contributed by atoms with Gasteiger partial charge in [0.05, 0.1) is 23.4 Å². The van der Waals surface area contributed by atoms with Crippen LogP contribution in [0.25, 0.3) is 0 Å². The molecule has 1 aliphatic rings. The largest absolute Gasteiger partial charge is 0.311 e. The fourth-order valence-corrected chi connectivity index (χ4v) is 3.55. The first-order chi connectivity index (χ1) is 14.4. The van der Waals surface area contributed by atoms with Crippen LogP contribution in [0, 0.1) is 13.8 Å². The van der Waals surface area contributed by atoms with Crippen molar-refractivity contribution in [3.05, 3.63) is 82.5 Å². The highest BCUT2D eigenvalue weighted by molar-refractivity contribution is 6.21. The van der Waals surface area contributed by atoms with Gasteiger partial charge >= 0.3 is 0 Å². The molecule has 0 saturated carbocycles. The molecule has 1 aromatic heterocycles. The number of carbonyl (C=O) groups excluding carboxylic acids is 3. The number of hydrogen-bond acceptors (Lipinski definition) is 4. The molecule has 1 aliphatic heterocycles. The third-order valence-corrected chi connectivity index (χ3v) is 5.03. The summed E-state index contributed by atoms with van der Waals surface area (Å²) in [6, 6.07) is 16.8. The lowest BCUT2D eigenvalue weighted by Crippen LogP contribution is -2.33. The van der Waals surface area contributed by atoms with Crippen LogP contribution in [0.1, 0.15) is 44.0 Å². The van der Waals surface area contributed by atoms with E-state index in [1.807, 2.05) is 44.2 Å². The Morgan fingerprint density at radius 3 is 2.47 bits per heavy atom. The van der Waals surface area contributed by atoms with Gasteiger partial charge in [-0.2, -0.15) is 5.10 Å². The molecular weight excluding hydrogens is 380 g/mol. The van der Waals surface area contributed by atoms with Crippen LogP contribution < -0.4 is 5.32 Å². The van der Waals surface area contributed by atoms with Crippen LogP contribution in [-0.2, 0) is 11.3 Å². The van der Waals surface area contributed by atoms with Gasteiger partial charge in [-0.3, -0.25) is 19.3 Å². The quantitative estimate of drug-likeness (QED) is 0.642. The average molecular weight is 402 g/mol. The van der Waals surface area contributed by atoms with Gasteiger partial charge in [0, 0.05) is 19.0 Å². The van der Waals surface area contributed by atoms with E-state index in [0.717, 1.165) is 21.7 Å². The number of nitrogens with zero attached hydrogens (tertiary/aromatic N) is 3. The van der Waals surface area contributed by atoms with Gasteiger partial charge in [-0.25, -0.2) is 4.68 Å². The maximum absolute atomic E-state index is 12.6. The zero-order chi connectivity index (χ0) is 21.3. The molecule has 0 unspecified atom stereocenters. The Labute approximate surface area is 174 Å². The van der Waals surface area contributed by atoms with Gasteiger partial charge in [0.25, 0.3) is 11.8 Å². The SMILES string of the molecule is Cc1ccc2c(c1)C(=O)N(CCC(=O)Nc1cc(C)nn1Cc1ccccc1)C2=O. The molecule has 0 fully saturated rings. The van der Waals surface area contributed by atoms with Crippen LogP contribution in [0.15, 0.2) is 54.6 Å². The van der Waals surface area contributed by atoms with Crippen LogP contribution in [0.2, 0.25) is 0 Å². The Balaban J connectivity index is 1.40. The Kier molecular flexibility index (Phi) is 5.18. The number of imide groups is 1. The summed E-state index contributed by atoms with van der Waals surface area (Å²) in [6.07, 6.45) is 0.0139. The average Bonchev–Trinajstić information content (AvgIpc) is 3.17. The topological polar surface area (TPSA) is 84.3 Å². The zero-order valence-electron chi connectivity index (χ0n) is 16.9. The van der Waals surface area contributed by atoms with E-state index in [-0.39, 0.29) is 30.7 Å². The molecule has 2 heterocycles. The van der Waals surface area contributed by atoms with Gasteiger partial charge in [-0.1, -0.05) is 42.0 Å². The van der Waals surface area contributed by atoms with Crippen LogP contribution in [-0.4, -0.2) is 38.9 Å². The number of hydrogen-bond donors (Lipinski definition) is 1. The van der Waals surface area contributed by atoms with E-state index in [4.69, 9.17) is 0 Å². The van der Waals surface area contributed by atoms with E-state index in [2.05, 4.69) is 10.4 Å². The standard InChI is InChI=1S/C23H22N4O3/c1-15-8-9-18-19(12-15)23(30)26(22(18)29)11-10-21(28)24-20-13-16(2)25-27(20)14-17-6-4-3-5-7-17/h3-9,12-13H,10-11,14H2,1-2H3,(H,24,28). The molecule has 0 spiro atoms. The first kappa shape index (κ1) is 19.6. The number of fused-ring (bicyclic) bond motifs is 1. The molecule has 2 aromatic carbocycles. The number of anilines is 1. The number of rotatable bonds is 6. The normalized spacial score (nSPS) is 12.9. The van der Waals surface area contributed by atoms with Crippen molar-refractivity contribution in [2.75, 3.05) is 11.9 Å². The highest BCUT2D eigenvalue weighted by Crippen LogP contribution is 2.24. The Morgan fingerprint density at radius 2 is 1.70 bits per heavy atom. The Morgan fingerprint density at radius 1 is 0.967 bits per heavy atom. The monoisotopic (exact) mass is 402 g/mol. The summed E-state index contributed by atoms with van der Waals surface area (Å²) in [7, 11) is 0. The lowest BCUT2D eigenvalue weighted by molar-refractivity contribution is -0.116. The molecular formula is C23H22N4O3. The third kappa shape index (κ3) is 3.87. The van der Waals surface area contributed by atoms with Crippen LogP contribution in [0.3, 0.4) is 0 Å². The second-order valence-corrected chi connectivity index (χ2v) is 7.42. The lowest BCUT2D eigenvalue weighted by atomic mass is 10.1. The van der Waals surface area contributed by atoms with Gasteiger partial charge < -0.3 is 5.32 Å². The van der Waals surface area contributed by atoms with Gasteiger partial charge in [-0.15, -0.1) is 0 Å². The smallest absolute Gasteiger partial charge is 0.261 e. The maximum Gasteiger partial charge on any atom is 0.261 e. The number of aromatic nitrogens is 2. The fourth-order valence-electron chi connectivity index (χ4n) is 3.55. The van der Waals surface area contributed by atoms with Gasteiger partial charge in [0.2, 0.25) is 5.91 Å². The summed E-state index contributed by atoms with van der Waals surface area (Å²) in [4.78, 5) is 38.7. The molecule has 0 aliphatic carbocycles.